The number of ether oxygens (including phenoxy) is 2. The van der Waals surface area contributed by atoms with Crippen molar-refractivity contribution in [3.05, 3.63) is 72.3 Å². The maximum atomic E-state index is 13.1. The molecule has 2 aliphatic rings. The minimum atomic E-state index is -0.980. The van der Waals surface area contributed by atoms with Crippen molar-refractivity contribution < 1.29 is 23.9 Å². The number of likely N-dealkylation sites (tertiary alicyclic amines) is 1. The van der Waals surface area contributed by atoms with E-state index in [0.717, 1.165) is 35.1 Å². The van der Waals surface area contributed by atoms with Crippen molar-refractivity contribution in [2.75, 3.05) is 33.4 Å². The van der Waals surface area contributed by atoms with Gasteiger partial charge in [0.25, 0.3) is 0 Å². The topological polar surface area (TPSA) is 76.2 Å². The second kappa shape index (κ2) is 10.5. The maximum Gasteiger partial charge on any atom is 0.410 e. The average Bonchev–Trinajstić information content (AvgIpc) is 3.51. The molecule has 1 heterocycles. The molecule has 1 saturated heterocycles. The lowest BCUT2D eigenvalue weighted by molar-refractivity contribution is -0.148. The van der Waals surface area contributed by atoms with Crippen LogP contribution in [0.4, 0.5) is 4.79 Å². The summed E-state index contributed by atoms with van der Waals surface area (Å²) in [4.78, 5) is 41.4. The van der Waals surface area contributed by atoms with Crippen molar-refractivity contribution in [2.24, 2.45) is 0 Å². The number of likely N-dealkylation sites (N-methyl/N-ethyl adjacent to an activating group) is 1. The number of hydrogen-bond donors (Lipinski definition) is 0. The summed E-state index contributed by atoms with van der Waals surface area (Å²) in [6, 6.07) is 15.2. The highest BCUT2D eigenvalue weighted by atomic mass is 16.6. The number of benzene rings is 2. The van der Waals surface area contributed by atoms with Crippen LogP contribution < -0.4 is 0 Å². The quantitative estimate of drug-likeness (QED) is 0.438. The summed E-state index contributed by atoms with van der Waals surface area (Å²) in [5.41, 5.74) is 4.49. The van der Waals surface area contributed by atoms with Crippen LogP contribution in [0.2, 0.25) is 0 Å². The molecule has 4 rings (SSSR count). The number of esters is 1. The van der Waals surface area contributed by atoms with Crippen LogP contribution in [0.15, 0.2) is 61.2 Å². The highest BCUT2D eigenvalue weighted by molar-refractivity contribution is 5.90. The minimum absolute atomic E-state index is 0.0537. The zero-order chi connectivity index (χ0) is 24.1. The fourth-order valence-electron chi connectivity index (χ4n) is 4.73. The van der Waals surface area contributed by atoms with Gasteiger partial charge in [-0.25, -0.2) is 4.79 Å². The Kier molecular flexibility index (Phi) is 7.30. The summed E-state index contributed by atoms with van der Waals surface area (Å²) in [6.07, 6.45) is 2.41. The van der Waals surface area contributed by atoms with Gasteiger partial charge in [0.1, 0.15) is 19.3 Å². The first kappa shape index (κ1) is 23.5. The van der Waals surface area contributed by atoms with E-state index in [-0.39, 0.29) is 31.5 Å². The van der Waals surface area contributed by atoms with Crippen molar-refractivity contribution >= 4 is 18.0 Å². The molecule has 2 aromatic carbocycles. The molecule has 178 valence electrons. The van der Waals surface area contributed by atoms with Crippen LogP contribution in [-0.2, 0) is 19.1 Å². The van der Waals surface area contributed by atoms with Crippen LogP contribution in [0.25, 0.3) is 11.1 Å². The lowest BCUT2D eigenvalue weighted by atomic mass is 9.98. The van der Waals surface area contributed by atoms with E-state index in [1.807, 2.05) is 36.4 Å². The third kappa shape index (κ3) is 4.83. The number of amides is 2. The lowest BCUT2D eigenvalue weighted by Crippen LogP contribution is -2.50. The Morgan fingerprint density at radius 1 is 1.03 bits per heavy atom. The lowest BCUT2D eigenvalue weighted by Gasteiger charge is -2.30. The van der Waals surface area contributed by atoms with Gasteiger partial charge in [0, 0.05) is 26.1 Å². The third-order valence-electron chi connectivity index (χ3n) is 6.52. The molecule has 7 heteroatoms. The van der Waals surface area contributed by atoms with Crippen LogP contribution in [0, 0.1) is 0 Å². The second-order valence-electron chi connectivity index (χ2n) is 8.64. The summed E-state index contributed by atoms with van der Waals surface area (Å²) in [7, 11) is 1.50. The Balaban J connectivity index is 1.47. The van der Waals surface area contributed by atoms with Gasteiger partial charge in [0.2, 0.25) is 5.91 Å². The van der Waals surface area contributed by atoms with E-state index >= 15 is 0 Å². The van der Waals surface area contributed by atoms with Crippen LogP contribution in [0.3, 0.4) is 0 Å². The first-order chi connectivity index (χ1) is 16.5. The van der Waals surface area contributed by atoms with Crippen LogP contribution in [0.1, 0.15) is 36.3 Å². The van der Waals surface area contributed by atoms with Crippen LogP contribution in [0.5, 0.6) is 0 Å². The van der Waals surface area contributed by atoms with Gasteiger partial charge < -0.3 is 14.4 Å². The predicted molar refractivity (Wildman–Crippen MR) is 128 cm³/mol. The summed E-state index contributed by atoms with van der Waals surface area (Å²) >= 11 is 0. The molecule has 0 aromatic heterocycles. The minimum Gasteiger partial charge on any atom is -0.461 e. The molecule has 2 amide bonds. The molecular formula is C27H30N2O5. The molecule has 1 fully saturated rings. The predicted octanol–water partition coefficient (Wildman–Crippen LogP) is 3.98. The van der Waals surface area contributed by atoms with E-state index in [4.69, 9.17) is 9.47 Å². The van der Waals surface area contributed by atoms with E-state index in [0.29, 0.717) is 13.1 Å². The smallest absolute Gasteiger partial charge is 0.410 e. The van der Waals surface area contributed by atoms with Gasteiger partial charge in [0.15, 0.2) is 0 Å². The summed E-state index contributed by atoms with van der Waals surface area (Å²) < 4.78 is 10.8. The monoisotopic (exact) mass is 462 g/mol. The number of rotatable bonds is 8. The Morgan fingerprint density at radius 2 is 1.62 bits per heavy atom. The Labute approximate surface area is 199 Å². The summed E-state index contributed by atoms with van der Waals surface area (Å²) in [5, 5.41) is 0. The zero-order valence-corrected chi connectivity index (χ0v) is 19.4. The fourth-order valence-corrected chi connectivity index (χ4v) is 4.73. The first-order valence-electron chi connectivity index (χ1n) is 11.6. The van der Waals surface area contributed by atoms with Crippen LogP contribution >= 0.6 is 0 Å². The molecule has 0 N–H and O–H groups in total. The number of nitrogens with zero attached hydrogens (tertiary/aromatic N) is 2. The molecule has 0 unspecified atom stereocenters. The molecule has 0 spiro atoms. The van der Waals surface area contributed by atoms with Crippen molar-refractivity contribution in [3.8, 4) is 11.1 Å². The van der Waals surface area contributed by atoms with Crippen LogP contribution in [-0.4, -0.2) is 67.2 Å². The molecule has 1 atom stereocenters. The van der Waals surface area contributed by atoms with Crippen molar-refractivity contribution in [2.45, 2.75) is 31.2 Å². The van der Waals surface area contributed by atoms with Gasteiger partial charge in [-0.1, -0.05) is 61.2 Å². The Morgan fingerprint density at radius 3 is 2.21 bits per heavy atom. The molecule has 0 bridgehead atoms. The first-order valence-corrected chi connectivity index (χ1v) is 11.6. The van der Waals surface area contributed by atoms with Gasteiger partial charge in [-0.05, 0) is 35.1 Å². The Hall–Kier alpha value is -3.61. The highest BCUT2D eigenvalue weighted by Crippen LogP contribution is 2.44. The Bertz CT molecular complexity index is 1030. The van der Waals surface area contributed by atoms with Gasteiger partial charge >= 0.3 is 12.1 Å². The fraction of sp³-hybridized carbons (Fsp3) is 0.370. The van der Waals surface area contributed by atoms with Crippen molar-refractivity contribution in [1.29, 1.82) is 0 Å². The van der Waals surface area contributed by atoms with E-state index in [2.05, 4.69) is 18.7 Å². The van der Waals surface area contributed by atoms with E-state index < -0.39 is 18.1 Å². The molecule has 7 nitrogen and oxygen atoms in total. The molecule has 34 heavy (non-hydrogen) atoms. The largest absolute Gasteiger partial charge is 0.461 e. The molecule has 1 aliphatic carbocycles. The third-order valence-corrected chi connectivity index (χ3v) is 6.52. The SMILES string of the molecule is C=CCOC(=O)C[C@H](C(=O)N1CCCC1)N(C)C(=O)OCC1c2ccccc2-c2ccccc21. The van der Waals surface area contributed by atoms with E-state index in [1.54, 1.807) is 4.90 Å². The summed E-state index contributed by atoms with van der Waals surface area (Å²) in [5.74, 6) is -0.908. The van der Waals surface area contributed by atoms with Gasteiger partial charge in [-0.15, -0.1) is 0 Å². The number of hydrogen-bond acceptors (Lipinski definition) is 5. The molecule has 0 radical (unpaired) electrons. The van der Waals surface area contributed by atoms with E-state index in [1.165, 1.54) is 18.0 Å². The highest BCUT2D eigenvalue weighted by Gasteiger charge is 2.36. The zero-order valence-electron chi connectivity index (χ0n) is 19.4. The second-order valence-corrected chi connectivity index (χ2v) is 8.64. The molecule has 1 aliphatic heterocycles. The summed E-state index contributed by atoms with van der Waals surface area (Å²) in [6.45, 7) is 4.97. The van der Waals surface area contributed by atoms with E-state index in [9.17, 15) is 14.4 Å². The average molecular weight is 463 g/mol. The van der Waals surface area contributed by atoms with Gasteiger partial charge in [0.05, 0.1) is 6.42 Å². The van der Waals surface area contributed by atoms with Crippen molar-refractivity contribution in [1.82, 2.24) is 9.80 Å². The number of carbonyl (C=O) groups is 3. The molecule has 2 aromatic rings. The number of fused-ring (bicyclic) bond motifs is 3. The maximum absolute atomic E-state index is 13.1. The van der Waals surface area contributed by atoms with Crippen molar-refractivity contribution in [3.63, 3.8) is 0 Å². The van der Waals surface area contributed by atoms with Gasteiger partial charge in [-0.3, -0.25) is 14.5 Å². The normalized spacial score (nSPS) is 15.3. The standard InChI is InChI=1S/C27H30N2O5/c1-3-16-33-25(30)17-24(26(31)29-14-8-9-15-29)28(2)27(32)34-18-23-21-12-6-4-10-19(21)20-11-5-7-13-22(20)23/h3-7,10-13,23-24H,1,8-9,14-18H2,2H3/t24-/m1/s1. The van der Waals surface area contributed by atoms with Gasteiger partial charge in [-0.2, -0.15) is 0 Å². The molecular weight excluding hydrogens is 432 g/mol. The number of carbonyl (C=O) groups excluding carboxylic acids is 3. The molecule has 0 saturated carbocycles.